The summed E-state index contributed by atoms with van der Waals surface area (Å²) in [4.78, 5) is 42.2. The number of carbonyl (C=O) groups excluding carboxylic acids is 2. The number of H-pyrrole nitrogens is 1. The van der Waals surface area contributed by atoms with Gasteiger partial charge in [0.25, 0.3) is 11.5 Å². The fourth-order valence-electron chi connectivity index (χ4n) is 2.85. The van der Waals surface area contributed by atoms with Gasteiger partial charge in [0.15, 0.2) is 0 Å². The molecule has 3 aromatic rings. The number of likely N-dealkylation sites (N-methyl/N-ethyl adjacent to an activating group) is 1. The summed E-state index contributed by atoms with van der Waals surface area (Å²) in [6.07, 6.45) is 0.789. The molecule has 0 atom stereocenters. The SMILES string of the molecule is CCc1ccccc1NC(=O)CN(C)C(=O)c1ccc(-c2cccs2)[nH]c1=O. The lowest BCUT2D eigenvalue weighted by atomic mass is 10.1. The summed E-state index contributed by atoms with van der Waals surface area (Å²) in [5, 5.41) is 4.74. The molecule has 7 heteroatoms. The number of nitrogens with zero attached hydrogens (tertiary/aromatic N) is 1. The second-order valence-electron chi connectivity index (χ2n) is 6.31. The molecule has 0 saturated carbocycles. The molecule has 0 spiro atoms. The van der Waals surface area contributed by atoms with Gasteiger partial charge in [0.05, 0.1) is 17.1 Å². The van der Waals surface area contributed by atoms with Crippen LogP contribution >= 0.6 is 11.3 Å². The van der Waals surface area contributed by atoms with Gasteiger partial charge < -0.3 is 15.2 Å². The highest BCUT2D eigenvalue weighted by Gasteiger charge is 2.19. The average Bonchev–Trinajstić information content (AvgIpc) is 3.22. The molecule has 28 heavy (non-hydrogen) atoms. The van der Waals surface area contributed by atoms with Crippen molar-refractivity contribution in [3.8, 4) is 10.6 Å². The van der Waals surface area contributed by atoms with E-state index in [0.29, 0.717) is 5.69 Å². The molecule has 0 fully saturated rings. The molecule has 0 aliphatic carbocycles. The number of amides is 2. The van der Waals surface area contributed by atoms with Gasteiger partial charge in [0.2, 0.25) is 5.91 Å². The highest BCUT2D eigenvalue weighted by atomic mass is 32.1. The topological polar surface area (TPSA) is 82.3 Å². The van der Waals surface area contributed by atoms with Crippen LogP contribution in [-0.4, -0.2) is 35.3 Å². The molecule has 0 radical (unpaired) electrons. The van der Waals surface area contributed by atoms with Crippen LogP contribution in [0.3, 0.4) is 0 Å². The number of nitrogens with one attached hydrogen (secondary N) is 2. The van der Waals surface area contributed by atoms with Gasteiger partial charge in [-0.15, -0.1) is 11.3 Å². The summed E-state index contributed by atoms with van der Waals surface area (Å²) in [5.41, 5.74) is 1.94. The second-order valence-corrected chi connectivity index (χ2v) is 7.26. The van der Waals surface area contributed by atoms with Gasteiger partial charge in [-0.3, -0.25) is 14.4 Å². The number of rotatable bonds is 6. The molecule has 2 heterocycles. The molecule has 144 valence electrons. The van der Waals surface area contributed by atoms with E-state index in [4.69, 9.17) is 0 Å². The van der Waals surface area contributed by atoms with Crippen molar-refractivity contribution in [2.75, 3.05) is 18.9 Å². The first-order chi connectivity index (χ1) is 13.5. The normalized spacial score (nSPS) is 10.5. The Balaban J connectivity index is 1.69. The minimum absolute atomic E-state index is 0.00423. The highest BCUT2D eigenvalue weighted by molar-refractivity contribution is 7.13. The third kappa shape index (κ3) is 4.37. The van der Waals surface area contributed by atoms with E-state index in [1.165, 1.54) is 29.4 Å². The van der Waals surface area contributed by atoms with Crippen LogP contribution in [0.1, 0.15) is 22.8 Å². The lowest BCUT2D eigenvalue weighted by Gasteiger charge is -2.17. The number of benzene rings is 1. The predicted molar refractivity (Wildman–Crippen MR) is 112 cm³/mol. The zero-order valence-electron chi connectivity index (χ0n) is 15.7. The Labute approximate surface area is 166 Å². The quantitative estimate of drug-likeness (QED) is 0.671. The fraction of sp³-hybridized carbons (Fsp3) is 0.190. The van der Waals surface area contributed by atoms with E-state index in [1.54, 1.807) is 6.07 Å². The first kappa shape index (κ1) is 19.6. The Morgan fingerprint density at radius 3 is 2.57 bits per heavy atom. The predicted octanol–water partition coefficient (Wildman–Crippen LogP) is 3.38. The third-order valence-corrected chi connectivity index (χ3v) is 5.23. The van der Waals surface area contributed by atoms with Crippen LogP contribution < -0.4 is 10.9 Å². The van der Waals surface area contributed by atoms with Gasteiger partial charge in [-0.25, -0.2) is 0 Å². The molecule has 2 aromatic heterocycles. The summed E-state index contributed by atoms with van der Waals surface area (Å²) >= 11 is 1.50. The molecule has 0 unspecified atom stereocenters. The number of carbonyl (C=O) groups is 2. The summed E-state index contributed by atoms with van der Waals surface area (Å²) in [6, 6.07) is 14.5. The largest absolute Gasteiger partial charge is 0.332 e. The summed E-state index contributed by atoms with van der Waals surface area (Å²) in [6.45, 7) is 1.86. The molecule has 0 aliphatic heterocycles. The maximum Gasteiger partial charge on any atom is 0.261 e. The van der Waals surface area contributed by atoms with Crippen molar-refractivity contribution < 1.29 is 9.59 Å². The lowest BCUT2D eigenvalue weighted by Crippen LogP contribution is -2.37. The molecule has 6 nitrogen and oxygen atoms in total. The van der Waals surface area contributed by atoms with E-state index < -0.39 is 11.5 Å². The van der Waals surface area contributed by atoms with Gasteiger partial charge in [-0.2, -0.15) is 0 Å². The Morgan fingerprint density at radius 2 is 1.89 bits per heavy atom. The molecule has 0 saturated heterocycles. The first-order valence-electron chi connectivity index (χ1n) is 8.90. The second kappa shape index (κ2) is 8.67. The van der Waals surface area contributed by atoms with E-state index >= 15 is 0 Å². The van der Waals surface area contributed by atoms with Crippen LogP contribution in [0.15, 0.2) is 58.7 Å². The number of aromatic nitrogens is 1. The molecule has 2 amide bonds. The maximum atomic E-state index is 12.6. The molecule has 1 aromatic carbocycles. The van der Waals surface area contributed by atoms with Crippen molar-refractivity contribution in [2.45, 2.75) is 13.3 Å². The zero-order chi connectivity index (χ0) is 20.1. The van der Waals surface area contributed by atoms with Crippen molar-refractivity contribution in [1.29, 1.82) is 0 Å². The summed E-state index contributed by atoms with van der Waals surface area (Å²) < 4.78 is 0. The van der Waals surface area contributed by atoms with Crippen molar-refractivity contribution in [2.24, 2.45) is 0 Å². The van der Waals surface area contributed by atoms with E-state index in [2.05, 4.69) is 10.3 Å². The van der Waals surface area contributed by atoms with Gasteiger partial charge in [-0.1, -0.05) is 31.2 Å². The smallest absolute Gasteiger partial charge is 0.261 e. The standard InChI is InChI=1S/C21H21N3O3S/c1-3-14-7-4-5-8-16(14)22-19(25)13-24(2)21(27)15-10-11-17(23-20(15)26)18-9-6-12-28-18/h4-12H,3,13H2,1-2H3,(H,22,25)(H,23,26). The van der Waals surface area contributed by atoms with Crippen molar-refractivity contribution >= 4 is 28.8 Å². The Kier molecular flexibility index (Phi) is 6.06. The van der Waals surface area contributed by atoms with Crippen LogP contribution in [0.25, 0.3) is 10.6 Å². The molecule has 0 bridgehead atoms. The number of hydrogen-bond donors (Lipinski definition) is 2. The van der Waals surface area contributed by atoms with E-state index in [0.717, 1.165) is 22.5 Å². The lowest BCUT2D eigenvalue weighted by molar-refractivity contribution is -0.116. The van der Waals surface area contributed by atoms with Gasteiger partial charge >= 0.3 is 0 Å². The monoisotopic (exact) mass is 395 g/mol. The molecular formula is C21H21N3O3S. The maximum absolute atomic E-state index is 12.6. The van der Waals surface area contributed by atoms with Crippen molar-refractivity contribution in [3.05, 3.63) is 75.4 Å². The zero-order valence-corrected chi connectivity index (χ0v) is 16.5. The number of hydrogen-bond acceptors (Lipinski definition) is 4. The molecule has 3 rings (SSSR count). The number of pyridine rings is 1. The minimum atomic E-state index is -0.502. The Morgan fingerprint density at radius 1 is 1.11 bits per heavy atom. The van der Waals surface area contributed by atoms with Crippen LogP contribution in [0.4, 0.5) is 5.69 Å². The van der Waals surface area contributed by atoms with Gasteiger partial charge in [0, 0.05) is 12.7 Å². The number of anilines is 1. The Bertz CT molecular complexity index is 1040. The van der Waals surface area contributed by atoms with Crippen molar-refractivity contribution in [3.63, 3.8) is 0 Å². The third-order valence-electron chi connectivity index (χ3n) is 4.33. The van der Waals surface area contributed by atoms with E-state index in [9.17, 15) is 14.4 Å². The number of aromatic amines is 1. The summed E-state index contributed by atoms with van der Waals surface area (Å²) in [7, 11) is 1.50. The number of para-hydroxylation sites is 1. The Hall–Kier alpha value is -3.19. The highest BCUT2D eigenvalue weighted by Crippen LogP contribution is 2.21. The van der Waals surface area contributed by atoms with Crippen LogP contribution in [0, 0.1) is 0 Å². The number of aryl methyl sites for hydroxylation is 1. The minimum Gasteiger partial charge on any atom is -0.332 e. The van der Waals surface area contributed by atoms with Crippen molar-refractivity contribution in [1.82, 2.24) is 9.88 Å². The molecule has 2 N–H and O–H groups in total. The molecular weight excluding hydrogens is 374 g/mol. The van der Waals surface area contributed by atoms with Gasteiger partial charge in [0.1, 0.15) is 5.56 Å². The molecule has 0 aliphatic rings. The van der Waals surface area contributed by atoms with Crippen LogP contribution in [0.5, 0.6) is 0 Å². The summed E-state index contributed by atoms with van der Waals surface area (Å²) in [5.74, 6) is -0.818. The van der Waals surface area contributed by atoms with Gasteiger partial charge in [-0.05, 0) is 41.6 Å². The van der Waals surface area contributed by atoms with Crippen LogP contribution in [0.2, 0.25) is 0 Å². The van der Waals surface area contributed by atoms with E-state index in [-0.39, 0.29) is 18.0 Å². The van der Waals surface area contributed by atoms with Crippen LogP contribution in [-0.2, 0) is 11.2 Å². The van der Waals surface area contributed by atoms with E-state index in [1.807, 2.05) is 48.7 Å². The average molecular weight is 395 g/mol. The first-order valence-corrected chi connectivity index (χ1v) is 9.78. The fourth-order valence-corrected chi connectivity index (χ4v) is 3.56. The number of thiophene rings is 1.